The second kappa shape index (κ2) is 8.83. The number of rotatable bonds is 6. The number of hydrogen-bond donors (Lipinski definition) is 0. The van der Waals surface area contributed by atoms with Crippen LogP contribution in [0.15, 0.2) is 54.7 Å². The van der Waals surface area contributed by atoms with Gasteiger partial charge in [0.15, 0.2) is 5.82 Å². The van der Waals surface area contributed by atoms with Crippen molar-refractivity contribution in [3.8, 4) is 5.75 Å². The van der Waals surface area contributed by atoms with Gasteiger partial charge in [0, 0.05) is 31.7 Å². The molecule has 3 aromatic rings. The van der Waals surface area contributed by atoms with E-state index >= 15 is 0 Å². The Morgan fingerprint density at radius 1 is 0.871 bits per heavy atom. The van der Waals surface area contributed by atoms with Gasteiger partial charge in [-0.1, -0.05) is 26.0 Å². The van der Waals surface area contributed by atoms with E-state index in [1.165, 1.54) is 4.90 Å². The minimum atomic E-state index is -4.58. The third-order valence-corrected chi connectivity index (χ3v) is 5.09. The van der Waals surface area contributed by atoms with Gasteiger partial charge in [0.1, 0.15) is 11.3 Å². The molecule has 2 aromatic carbocycles. The molecule has 0 saturated heterocycles. The van der Waals surface area contributed by atoms with E-state index in [1.807, 2.05) is 12.1 Å². The summed E-state index contributed by atoms with van der Waals surface area (Å²) >= 11 is 0. The zero-order valence-corrected chi connectivity index (χ0v) is 18.1. The Labute approximate surface area is 180 Å². The Kier molecular flexibility index (Phi) is 6.38. The van der Waals surface area contributed by atoms with Crippen LogP contribution in [0.25, 0.3) is 0 Å². The third kappa shape index (κ3) is 4.90. The summed E-state index contributed by atoms with van der Waals surface area (Å²) < 4.78 is 46.2. The van der Waals surface area contributed by atoms with Crippen molar-refractivity contribution < 1.29 is 17.9 Å². The largest absolute Gasteiger partial charge is 0.497 e. The van der Waals surface area contributed by atoms with Crippen LogP contribution in [0.2, 0.25) is 0 Å². The van der Waals surface area contributed by atoms with Crippen molar-refractivity contribution in [1.82, 2.24) is 9.97 Å². The summed E-state index contributed by atoms with van der Waals surface area (Å²) in [6.07, 6.45) is -3.75. The van der Waals surface area contributed by atoms with Crippen molar-refractivity contribution in [1.29, 1.82) is 0 Å². The molecule has 0 amide bonds. The van der Waals surface area contributed by atoms with Crippen molar-refractivity contribution >= 4 is 23.1 Å². The fraction of sp³-hybridized carbons (Fsp3) is 0.304. The first-order valence-corrected chi connectivity index (χ1v) is 9.77. The second-order valence-electron chi connectivity index (χ2n) is 7.47. The van der Waals surface area contributed by atoms with Crippen LogP contribution in [0.4, 0.5) is 36.3 Å². The molecule has 0 spiro atoms. The zero-order valence-electron chi connectivity index (χ0n) is 18.1. The molecular formula is C23H25F3N4O. The second-order valence-corrected chi connectivity index (χ2v) is 7.47. The van der Waals surface area contributed by atoms with Crippen LogP contribution in [0.3, 0.4) is 0 Å². The summed E-state index contributed by atoms with van der Waals surface area (Å²) in [7, 11) is 4.83. The standard InChI is InChI=1S/C23H25F3N4O/c1-15(2)16-6-8-17(9-7-16)29(3)21-20(23(24,25)26)14-27-22(28-21)30(4)18-10-12-19(31-5)13-11-18/h6-15H,1-5H3. The number of halogens is 3. The highest BCUT2D eigenvalue weighted by molar-refractivity contribution is 5.66. The topological polar surface area (TPSA) is 41.5 Å². The molecule has 0 saturated carbocycles. The number of nitrogens with zero attached hydrogens (tertiary/aromatic N) is 4. The van der Waals surface area contributed by atoms with E-state index in [-0.39, 0.29) is 11.8 Å². The molecule has 31 heavy (non-hydrogen) atoms. The summed E-state index contributed by atoms with van der Waals surface area (Å²) in [5.74, 6) is 0.943. The number of methoxy groups -OCH3 is 1. The molecule has 1 heterocycles. The Morgan fingerprint density at radius 3 is 1.94 bits per heavy atom. The molecule has 1 aromatic heterocycles. The van der Waals surface area contributed by atoms with Crippen molar-refractivity contribution in [3.63, 3.8) is 0 Å². The molecule has 3 rings (SSSR count). The molecule has 0 bridgehead atoms. The summed E-state index contributed by atoms with van der Waals surface area (Å²) in [5, 5.41) is 0. The third-order valence-electron chi connectivity index (χ3n) is 5.09. The minimum absolute atomic E-state index is 0.152. The highest BCUT2D eigenvalue weighted by Gasteiger charge is 2.37. The molecule has 0 N–H and O–H groups in total. The van der Waals surface area contributed by atoms with E-state index in [2.05, 4.69) is 23.8 Å². The molecule has 0 aliphatic carbocycles. The van der Waals surface area contributed by atoms with E-state index in [0.29, 0.717) is 17.4 Å². The zero-order chi connectivity index (χ0) is 22.8. The molecule has 8 heteroatoms. The van der Waals surface area contributed by atoms with E-state index in [9.17, 15) is 13.2 Å². The van der Waals surface area contributed by atoms with Gasteiger partial charge in [0.05, 0.1) is 7.11 Å². The van der Waals surface area contributed by atoms with Crippen LogP contribution in [0.1, 0.15) is 30.9 Å². The number of anilines is 4. The highest BCUT2D eigenvalue weighted by atomic mass is 19.4. The van der Waals surface area contributed by atoms with E-state index in [1.54, 1.807) is 62.5 Å². The molecule has 0 fully saturated rings. The maximum Gasteiger partial charge on any atom is 0.421 e. The number of alkyl halides is 3. The molecule has 5 nitrogen and oxygen atoms in total. The van der Waals surface area contributed by atoms with Crippen molar-refractivity contribution in [2.75, 3.05) is 31.0 Å². The first-order chi connectivity index (χ1) is 14.6. The van der Waals surface area contributed by atoms with Gasteiger partial charge in [-0.3, -0.25) is 0 Å². The van der Waals surface area contributed by atoms with Crippen LogP contribution in [0.5, 0.6) is 5.75 Å². The molecule has 164 valence electrons. The molecule has 0 unspecified atom stereocenters. The van der Waals surface area contributed by atoms with E-state index in [4.69, 9.17) is 4.74 Å². The summed E-state index contributed by atoms with van der Waals surface area (Å²) in [6, 6.07) is 14.5. The van der Waals surface area contributed by atoms with E-state index < -0.39 is 11.7 Å². The summed E-state index contributed by atoms with van der Waals surface area (Å²) in [4.78, 5) is 11.3. The minimum Gasteiger partial charge on any atom is -0.497 e. The van der Waals surface area contributed by atoms with Gasteiger partial charge in [-0.15, -0.1) is 0 Å². The molecule has 0 aliphatic rings. The molecular weight excluding hydrogens is 405 g/mol. The van der Waals surface area contributed by atoms with Gasteiger partial charge in [-0.2, -0.15) is 18.2 Å². The Morgan fingerprint density at radius 2 is 1.42 bits per heavy atom. The fourth-order valence-corrected chi connectivity index (χ4v) is 3.11. The van der Waals surface area contributed by atoms with Gasteiger partial charge < -0.3 is 14.5 Å². The fourth-order valence-electron chi connectivity index (χ4n) is 3.11. The maximum atomic E-state index is 13.7. The lowest BCUT2D eigenvalue weighted by Gasteiger charge is -2.25. The monoisotopic (exact) mass is 430 g/mol. The van der Waals surface area contributed by atoms with Crippen LogP contribution in [0, 0.1) is 0 Å². The number of benzene rings is 2. The first kappa shape index (κ1) is 22.4. The lowest BCUT2D eigenvalue weighted by Crippen LogP contribution is -2.21. The van der Waals surface area contributed by atoms with Crippen LogP contribution < -0.4 is 14.5 Å². The SMILES string of the molecule is COc1ccc(N(C)c2ncc(C(F)(F)F)c(N(C)c3ccc(C(C)C)cc3)n2)cc1. The van der Waals surface area contributed by atoms with Crippen molar-refractivity contribution in [3.05, 3.63) is 65.9 Å². The van der Waals surface area contributed by atoms with Crippen LogP contribution in [-0.2, 0) is 6.18 Å². The van der Waals surface area contributed by atoms with Gasteiger partial charge in [0.25, 0.3) is 0 Å². The highest BCUT2D eigenvalue weighted by Crippen LogP contribution is 2.38. The Hall–Kier alpha value is -3.29. The predicted octanol–water partition coefficient (Wildman–Crippen LogP) is 6.16. The van der Waals surface area contributed by atoms with Gasteiger partial charge in [0.2, 0.25) is 5.95 Å². The van der Waals surface area contributed by atoms with Crippen LogP contribution >= 0.6 is 0 Å². The molecule has 0 radical (unpaired) electrons. The van der Waals surface area contributed by atoms with Gasteiger partial charge >= 0.3 is 6.18 Å². The smallest absolute Gasteiger partial charge is 0.421 e. The van der Waals surface area contributed by atoms with Crippen molar-refractivity contribution in [2.24, 2.45) is 0 Å². The van der Waals surface area contributed by atoms with Crippen molar-refractivity contribution in [2.45, 2.75) is 25.9 Å². The average Bonchev–Trinajstić information content (AvgIpc) is 2.77. The Bertz CT molecular complexity index is 1020. The normalized spacial score (nSPS) is 11.5. The summed E-state index contributed by atoms with van der Waals surface area (Å²) in [6.45, 7) is 4.12. The number of aromatic nitrogens is 2. The first-order valence-electron chi connectivity index (χ1n) is 9.77. The van der Waals surface area contributed by atoms with Crippen LogP contribution in [-0.4, -0.2) is 31.2 Å². The average molecular weight is 430 g/mol. The quantitative estimate of drug-likeness (QED) is 0.468. The molecule has 0 atom stereocenters. The number of ether oxygens (including phenoxy) is 1. The summed E-state index contributed by atoms with van der Waals surface area (Å²) in [5.41, 5.74) is 1.53. The van der Waals surface area contributed by atoms with E-state index in [0.717, 1.165) is 17.4 Å². The van der Waals surface area contributed by atoms with Gasteiger partial charge in [-0.05, 0) is 47.9 Å². The predicted molar refractivity (Wildman–Crippen MR) is 117 cm³/mol. The van der Waals surface area contributed by atoms with Gasteiger partial charge in [-0.25, -0.2) is 4.98 Å². The molecule has 0 aliphatic heterocycles. The lowest BCUT2D eigenvalue weighted by atomic mass is 10.0. The maximum absolute atomic E-state index is 13.7. The Balaban J connectivity index is 2.02. The number of hydrogen-bond acceptors (Lipinski definition) is 5. The lowest BCUT2D eigenvalue weighted by molar-refractivity contribution is -0.137.